The van der Waals surface area contributed by atoms with Crippen molar-refractivity contribution in [2.45, 2.75) is 117 Å². The van der Waals surface area contributed by atoms with Gasteiger partial charge in [0, 0.05) is 56.5 Å². The molecule has 1 heterocycles. The largest absolute Gasteiger partial charge is 0.459 e. The third-order valence-electron chi connectivity index (χ3n) is 10.4. The Bertz CT molecular complexity index is 1890. The summed E-state index contributed by atoms with van der Waals surface area (Å²) in [7, 11) is 0. The molecule has 314 valence electrons. The van der Waals surface area contributed by atoms with E-state index in [2.05, 4.69) is 11.6 Å². The number of hydrogen-bond donors (Lipinski definition) is 2. The summed E-state index contributed by atoms with van der Waals surface area (Å²) in [5, 5.41) is 25.7. The predicted molar refractivity (Wildman–Crippen MR) is 205 cm³/mol. The fourth-order valence-electron chi connectivity index (χ4n) is 7.78. The normalized spacial score (nSPS) is 31.3. The van der Waals surface area contributed by atoms with E-state index in [-0.39, 0.29) is 16.7 Å². The molecule has 2 N–H and O–H groups in total. The van der Waals surface area contributed by atoms with Crippen LogP contribution in [0.25, 0.3) is 0 Å². The van der Waals surface area contributed by atoms with Crippen LogP contribution in [0.2, 0.25) is 0 Å². The van der Waals surface area contributed by atoms with Crippen molar-refractivity contribution in [3.8, 4) is 0 Å². The Morgan fingerprint density at radius 1 is 0.776 bits per heavy atom. The fraction of sp³-hybridized carbons (Fsp3) is 0.512. The van der Waals surface area contributed by atoms with Crippen molar-refractivity contribution < 1.29 is 67.4 Å². The highest BCUT2D eigenvalue weighted by Gasteiger charge is 2.70. The van der Waals surface area contributed by atoms with Crippen LogP contribution < -0.4 is 0 Å². The monoisotopic (exact) mass is 807 g/mol. The molecule has 2 aliphatic carbocycles. The third kappa shape index (κ3) is 9.99. The molecule has 0 bridgehead atoms. The number of carbonyl (C=O) groups excluding carboxylic acids is 6. The van der Waals surface area contributed by atoms with Gasteiger partial charge in [0.1, 0.15) is 35.6 Å². The van der Waals surface area contributed by atoms with Gasteiger partial charge in [-0.3, -0.25) is 24.2 Å². The number of aliphatic hydroxyl groups is 2. The Labute approximate surface area is 337 Å². The van der Waals surface area contributed by atoms with Gasteiger partial charge in [0.25, 0.3) is 0 Å². The first-order valence-electron chi connectivity index (χ1n) is 18.9. The number of fused-ring (bicyclic) bond motifs is 1. The molecular formula is C43H53NO14. The Morgan fingerprint density at radius 2 is 1.36 bits per heavy atom. The Hall–Kier alpha value is -5.41. The van der Waals surface area contributed by atoms with Crippen LogP contribution in [-0.4, -0.2) is 98.8 Å². The molecule has 0 unspecified atom stereocenters. The van der Waals surface area contributed by atoms with Crippen LogP contribution in [0.15, 0.2) is 79.2 Å². The van der Waals surface area contributed by atoms with Crippen molar-refractivity contribution in [1.29, 1.82) is 0 Å². The van der Waals surface area contributed by atoms with Crippen molar-refractivity contribution in [1.82, 2.24) is 4.98 Å². The highest BCUT2D eigenvalue weighted by molar-refractivity contribution is 5.90. The van der Waals surface area contributed by atoms with Gasteiger partial charge in [-0.1, -0.05) is 71.5 Å². The number of aromatic nitrogens is 1. The van der Waals surface area contributed by atoms with Crippen LogP contribution in [0.5, 0.6) is 0 Å². The van der Waals surface area contributed by atoms with E-state index in [1.807, 2.05) is 0 Å². The van der Waals surface area contributed by atoms with E-state index in [1.54, 1.807) is 51.1 Å². The molecule has 0 radical (unpaired) electrons. The quantitative estimate of drug-likeness (QED) is 0.203. The standard InChI is InChI=1S/C43H53NO14/c1-23(2)38(49)55-34-25(4)33(53-26(5)45)31-36(56-39(50)29-15-12-11-13-16-29)42(10,58-28(7)47)22-43(31,52)35(54-27(6)46)24(3)18-19-41(8,9)37(32(34)48)57-40(51)30-17-14-20-44-21-30/h11-21,23-24,31-37,48,52H,4,22H2,1-3,5-10H3/b19-18+/t24-,31+,32-,33+,34+,35-,36-,37-,42-,43-/m1/s1. The third-order valence-corrected chi connectivity index (χ3v) is 10.4. The van der Waals surface area contributed by atoms with E-state index in [0.29, 0.717) is 0 Å². The zero-order valence-electron chi connectivity index (χ0n) is 34.2. The van der Waals surface area contributed by atoms with E-state index >= 15 is 0 Å². The van der Waals surface area contributed by atoms with Crippen molar-refractivity contribution >= 4 is 35.8 Å². The minimum absolute atomic E-state index is 0.0417. The molecule has 2 aliphatic rings. The lowest BCUT2D eigenvalue weighted by Gasteiger charge is -2.45. The number of nitrogens with zero attached hydrogens (tertiary/aromatic N) is 1. The number of aliphatic hydroxyl groups excluding tert-OH is 1. The van der Waals surface area contributed by atoms with Gasteiger partial charge < -0.3 is 38.6 Å². The number of carbonyl (C=O) groups is 6. The SMILES string of the molecule is C=C1[C@H](OC(=O)C(C)C)[C@@H](O)[C@@H](OC(=O)c2cccnc2)C(C)(C)/C=C/[C@@H](C)[C@@H](OC(C)=O)[C@@]2(O)C[C@@](C)(OC(C)=O)[C@H](OC(=O)c3ccccc3)[C@@H]2[C@H]1OC(C)=O. The lowest BCUT2D eigenvalue weighted by Crippen LogP contribution is -2.59. The minimum Gasteiger partial charge on any atom is -0.459 e. The molecule has 1 saturated carbocycles. The molecule has 0 aliphatic heterocycles. The first-order valence-corrected chi connectivity index (χ1v) is 18.9. The summed E-state index contributed by atoms with van der Waals surface area (Å²) < 4.78 is 35.8. The Balaban J connectivity index is 2.08. The molecule has 1 aromatic heterocycles. The van der Waals surface area contributed by atoms with Gasteiger partial charge in [-0.05, 0) is 31.2 Å². The van der Waals surface area contributed by atoms with Crippen LogP contribution in [0.3, 0.4) is 0 Å². The summed E-state index contributed by atoms with van der Waals surface area (Å²) in [4.78, 5) is 83.8. The molecule has 0 spiro atoms. The highest BCUT2D eigenvalue weighted by Crippen LogP contribution is 2.54. The van der Waals surface area contributed by atoms with Crippen LogP contribution in [0.4, 0.5) is 0 Å². The summed E-state index contributed by atoms with van der Waals surface area (Å²) >= 11 is 0. The van der Waals surface area contributed by atoms with Crippen LogP contribution in [-0.2, 0) is 47.6 Å². The van der Waals surface area contributed by atoms with Crippen molar-refractivity contribution in [2.24, 2.45) is 23.2 Å². The van der Waals surface area contributed by atoms with Gasteiger partial charge in [-0.25, -0.2) is 9.59 Å². The second-order valence-electron chi connectivity index (χ2n) is 16.0. The number of esters is 6. The topological polar surface area (TPSA) is 211 Å². The second kappa shape index (κ2) is 18.0. The number of rotatable bonds is 9. The zero-order valence-corrected chi connectivity index (χ0v) is 34.2. The van der Waals surface area contributed by atoms with Gasteiger partial charge in [-0.2, -0.15) is 0 Å². The van der Waals surface area contributed by atoms with Crippen molar-refractivity contribution in [2.75, 3.05) is 0 Å². The maximum Gasteiger partial charge on any atom is 0.340 e. The van der Waals surface area contributed by atoms with Crippen molar-refractivity contribution in [3.05, 3.63) is 90.3 Å². The molecule has 2 aromatic rings. The average molecular weight is 808 g/mol. The first-order chi connectivity index (χ1) is 27.0. The number of benzene rings is 1. The molecular weight excluding hydrogens is 754 g/mol. The van der Waals surface area contributed by atoms with E-state index in [4.69, 9.17) is 28.4 Å². The Morgan fingerprint density at radius 3 is 1.91 bits per heavy atom. The van der Waals surface area contributed by atoms with Gasteiger partial charge >= 0.3 is 35.8 Å². The average Bonchev–Trinajstić information content (AvgIpc) is 3.36. The highest BCUT2D eigenvalue weighted by atomic mass is 16.6. The maximum atomic E-state index is 13.9. The summed E-state index contributed by atoms with van der Waals surface area (Å²) in [5.74, 6) is -8.66. The van der Waals surface area contributed by atoms with Gasteiger partial charge in [0.05, 0.1) is 23.0 Å². The van der Waals surface area contributed by atoms with Crippen LogP contribution in [0.1, 0.15) is 89.5 Å². The van der Waals surface area contributed by atoms with E-state index in [1.165, 1.54) is 57.4 Å². The molecule has 4 rings (SSSR count). The van der Waals surface area contributed by atoms with E-state index in [9.17, 15) is 39.0 Å². The molecule has 15 nitrogen and oxygen atoms in total. The summed E-state index contributed by atoms with van der Waals surface area (Å²) in [6, 6.07) is 10.8. The lowest BCUT2D eigenvalue weighted by molar-refractivity contribution is -0.193. The molecule has 58 heavy (non-hydrogen) atoms. The zero-order chi connectivity index (χ0) is 43.3. The lowest BCUT2D eigenvalue weighted by atomic mass is 9.71. The molecule has 15 heteroatoms. The Kier molecular flexibility index (Phi) is 14.1. The first kappa shape index (κ1) is 45.3. The van der Waals surface area contributed by atoms with Gasteiger partial charge in [-0.15, -0.1) is 0 Å². The second-order valence-corrected chi connectivity index (χ2v) is 16.0. The summed E-state index contributed by atoms with van der Waals surface area (Å²) in [6.07, 6.45) is -5.08. The molecule has 1 aromatic carbocycles. The predicted octanol–water partition coefficient (Wildman–Crippen LogP) is 4.49. The minimum atomic E-state index is -2.39. The smallest absolute Gasteiger partial charge is 0.340 e. The summed E-state index contributed by atoms with van der Waals surface area (Å²) in [5.41, 5.74) is -5.84. The molecule has 1 fully saturated rings. The van der Waals surface area contributed by atoms with E-state index < -0.39 is 113 Å². The number of pyridine rings is 1. The van der Waals surface area contributed by atoms with Gasteiger partial charge in [0.15, 0.2) is 12.2 Å². The maximum absolute atomic E-state index is 13.9. The van der Waals surface area contributed by atoms with Crippen LogP contribution in [0, 0.1) is 23.2 Å². The summed E-state index contributed by atoms with van der Waals surface area (Å²) in [6.45, 7) is 16.8. The van der Waals surface area contributed by atoms with Crippen LogP contribution >= 0.6 is 0 Å². The van der Waals surface area contributed by atoms with Crippen molar-refractivity contribution in [3.63, 3.8) is 0 Å². The van der Waals surface area contributed by atoms with E-state index in [0.717, 1.165) is 20.8 Å². The fourth-order valence-corrected chi connectivity index (χ4v) is 7.78. The molecule has 10 atom stereocenters. The molecule has 0 amide bonds. The number of hydrogen-bond acceptors (Lipinski definition) is 15. The number of ether oxygens (including phenoxy) is 6. The molecule has 0 saturated heterocycles. The van der Waals surface area contributed by atoms with Gasteiger partial charge in [0.2, 0.25) is 0 Å².